The van der Waals surface area contributed by atoms with Gasteiger partial charge in [-0.1, -0.05) is 18.2 Å². The Bertz CT molecular complexity index is 576. The van der Waals surface area contributed by atoms with Gasteiger partial charge in [-0.3, -0.25) is 0 Å². The molecule has 19 heavy (non-hydrogen) atoms. The first-order chi connectivity index (χ1) is 8.80. The molecule has 0 aliphatic carbocycles. The molecule has 6 heteroatoms. The molecule has 0 spiro atoms. The number of anilines is 1. The second-order valence-electron chi connectivity index (χ2n) is 4.65. The quantitative estimate of drug-likeness (QED) is 0.832. The van der Waals surface area contributed by atoms with E-state index in [1.54, 1.807) is 38.1 Å². The largest absolute Gasteiger partial charge is 0.398 e. The zero-order valence-electron chi connectivity index (χ0n) is 11.4. The van der Waals surface area contributed by atoms with Crippen molar-refractivity contribution in [1.29, 1.82) is 5.26 Å². The number of hydrogen-bond acceptors (Lipinski definition) is 4. The van der Waals surface area contributed by atoms with Gasteiger partial charge in [0.15, 0.2) is 5.25 Å². The minimum Gasteiger partial charge on any atom is -0.398 e. The molecule has 1 unspecified atom stereocenters. The Labute approximate surface area is 114 Å². The Balaban J connectivity index is 3.12. The van der Waals surface area contributed by atoms with Gasteiger partial charge in [0.1, 0.15) is 0 Å². The van der Waals surface area contributed by atoms with Gasteiger partial charge in [-0.15, -0.1) is 0 Å². The van der Waals surface area contributed by atoms with Crippen LogP contribution in [0.25, 0.3) is 0 Å². The smallest absolute Gasteiger partial charge is 0.230 e. The normalized spacial score (nSPS) is 13.5. The summed E-state index contributed by atoms with van der Waals surface area (Å²) in [7, 11) is -3.65. The average molecular weight is 281 g/mol. The van der Waals surface area contributed by atoms with E-state index < -0.39 is 15.3 Å². The van der Waals surface area contributed by atoms with Crippen LogP contribution in [0.4, 0.5) is 5.69 Å². The molecule has 1 aromatic rings. The molecule has 0 heterocycles. The van der Waals surface area contributed by atoms with Crippen LogP contribution in [0.15, 0.2) is 24.3 Å². The van der Waals surface area contributed by atoms with Gasteiger partial charge in [-0.2, -0.15) is 9.57 Å². The predicted octanol–water partition coefficient (Wildman–Crippen LogP) is 1.72. The highest BCUT2D eigenvalue weighted by atomic mass is 32.2. The molecule has 0 aliphatic rings. The van der Waals surface area contributed by atoms with Crippen molar-refractivity contribution < 1.29 is 8.42 Å². The van der Waals surface area contributed by atoms with E-state index in [-0.39, 0.29) is 12.6 Å². The standard InChI is InChI=1S/C13H19N3O2S/c1-10(2)16(19(17,18)11(3)8-14)9-12-6-4-5-7-13(12)15/h4-7,10-11H,9,15H2,1-3H3. The number of sulfonamides is 1. The molecule has 0 aliphatic heterocycles. The van der Waals surface area contributed by atoms with Crippen LogP contribution < -0.4 is 5.73 Å². The van der Waals surface area contributed by atoms with Gasteiger partial charge < -0.3 is 5.73 Å². The van der Waals surface area contributed by atoms with Gasteiger partial charge >= 0.3 is 0 Å². The van der Waals surface area contributed by atoms with Gasteiger partial charge in [0.05, 0.1) is 6.07 Å². The number of para-hydroxylation sites is 1. The van der Waals surface area contributed by atoms with Crippen LogP contribution in [0, 0.1) is 11.3 Å². The van der Waals surface area contributed by atoms with Crippen molar-refractivity contribution in [3.05, 3.63) is 29.8 Å². The van der Waals surface area contributed by atoms with Crippen molar-refractivity contribution in [1.82, 2.24) is 4.31 Å². The molecule has 1 atom stereocenters. The highest BCUT2D eigenvalue weighted by Crippen LogP contribution is 2.20. The third kappa shape index (κ3) is 3.46. The van der Waals surface area contributed by atoms with Crippen molar-refractivity contribution >= 4 is 15.7 Å². The second-order valence-corrected chi connectivity index (χ2v) is 6.86. The van der Waals surface area contributed by atoms with E-state index in [9.17, 15) is 8.42 Å². The highest BCUT2D eigenvalue weighted by molar-refractivity contribution is 7.89. The zero-order valence-corrected chi connectivity index (χ0v) is 12.2. The summed E-state index contributed by atoms with van der Waals surface area (Å²) in [6.07, 6.45) is 0. The number of hydrogen-bond donors (Lipinski definition) is 1. The van der Waals surface area contributed by atoms with E-state index in [0.29, 0.717) is 5.69 Å². The summed E-state index contributed by atoms with van der Waals surface area (Å²) in [6, 6.07) is 8.67. The minimum absolute atomic E-state index is 0.179. The van der Waals surface area contributed by atoms with Crippen LogP contribution in [0.2, 0.25) is 0 Å². The minimum atomic E-state index is -3.65. The Morgan fingerprint density at radius 2 is 1.89 bits per heavy atom. The topological polar surface area (TPSA) is 87.2 Å². The van der Waals surface area contributed by atoms with Crippen LogP contribution in [0.1, 0.15) is 26.3 Å². The number of nitrogens with two attached hydrogens (primary N) is 1. The molecule has 0 saturated carbocycles. The summed E-state index contributed by atoms with van der Waals surface area (Å²) < 4.78 is 25.9. The van der Waals surface area contributed by atoms with Crippen molar-refractivity contribution in [2.24, 2.45) is 0 Å². The summed E-state index contributed by atoms with van der Waals surface area (Å²) >= 11 is 0. The summed E-state index contributed by atoms with van der Waals surface area (Å²) in [5, 5.41) is 7.77. The van der Waals surface area contributed by atoms with Crippen molar-refractivity contribution in [2.45, 2.75) is 38.6 Å². The van der Waals surface area contributed by atoms with E-state index in [0.717, 1.165) is 5.56 Å². The third-order valence-electron chi connectivity index (χ3n) is 2.91. The summed E-state index contributed by atoms with van der Waals surface area (Å²) in [4.78, 5) is 0. The number of nitriles is 1. The Hall–Kier alpha value is -1.58. The highest BCUT2D eigenvalue weighted by Gasteiger charge is 2.31. The average Bonchev–Trinajstić information content (AvgIpc) is 2.35. The first kappa shape index (κ1) is 15.5. The Morgan fingerprint density at radius 1 is 1.32 bits per heavy atom. The lowest BCUT2D eigenvalue weighted by Crippen LogP contribution is -2.41. The van der Waals surface area contributed by atoms with Crippen molar-refractivity contribution in [2.75, 3.05) is 5.73 Å². The van der Waals surface area contributed by atoms with Gasteiger partial charge in [0, 0.05) is 18.3 Å². The molecule has 0 aromatic heterocycles. The van der Waals surface area contributed by atoms with E-state index >= 15 is 0 Å². The first-order valence-electron chi connectivity index (χ1n) is 6.04. The monoisotopic (exact) mass is 281 g/mol. The van der Waals surface area contributed by atoms with Gasteiger partial charge in [-0.25, -0.2) is 8.42 Å². The fourth-order valence-corrected chi connectivity index (χ4v) is 3.13. The Kier molecular flexibility index (Phi) is 4.92. The molecule has 1 aromatic carbocycles. The molecule has 0 amide bonds. The molecule has 0 fully saturated rings. The SMILES string of the molecule is CC(C)N(Cc1ccccc1N)S(=O)(=O)C(C)C#N. The Morgan fingerprint density at radius 3 is 2.37 bits per heavy atom. The van der Waals surface area contributed by atoms with Gasteiger partial charge in [-0.05, 0) is 32.4 Å². The molecular weight excluding hydrogens is 262 g/mol. The molecule has 104 valence electrons. The van der Waals surface area contributed by atoms with E-state index in [4.69, 9.17) is 11.0 Å². The fourth-order valence-electron chi connectivity index (χ4n) is 1.68. The maximum absolute atomic E-state index is 12.3. The zero-order chi connectivity index (χ0) is 14.6. The fraction of sp³-hybridized carbons (Fsp3) is 0.462. The first-order valence-corrected chi connectivity index (χ1v) is 7.54. The maximum atomic E-state index is 12.3. The third-order valence-corrected chi connectivity index (χ3v) is 5.12. The van der Waals surface area contributed by atoms with Crippen molar-refractivity contribution in [3.63, 3.8) is 0 Å². The molecule has 2 N–H and O–H groups in total. The summed E-state index contributed by atoms with van der Waals surface area (Å²) in [6.45, 7) is 5.12. The van der Waals surface area contributed by atoms with E-state index in [2.05, 4.69) is 0 Å². The van der Waals surface area contributed by atoms with E-state index in [1.165, 1.54) is 11.2 Å². The molecule has 1 rings (SSSR count). The molecule has 0 saturated heterocycles. The van der Waals surface area contributed by atoms with Crippen molar-refractivity contribution in [3.8, 4) is 6.07 Å². The number of nitrogen functional groups attached to an aromatic ring is 1. The van der Waals surface area contributed by atoms with Crippen LogP contribution in [0.5, 0.6) is 0 Å². The molecule has 5 nitrogen and oxygen atoms in total. The van der Waals surface area contributed by atoms with Gasteiger partial charge in [0.2, 0.25) is 10.0 Å². The summed E-state index contributed by atoms with van der Waals surface area (Å²) in [5.41, 5.74) is 7.12. The lowest BCUT2D eigenvalue weighted by Gasteiger charge is -2.27. The van der Waals surface area contributed by atoms with E-state index in [1.807, 2.05) is 6.07 Å². The number of rotatable bonds is 5. The molecule has 0 bridgehead atoms. The predicted molar refractivity (Wildman–Crippen MR) is 75.5 cm³/mol. The van der Waals surface area contributed by atoms with Crippen LogP contribution in [0.3, 0.4) is 0 Å². The lowest BCUT2D eigenvalue weighted by atomic mass is 10.2. The summed E-state index contributed by atoms with van der Waals surface area (Å²) in [5.74, 6) is 0. The maximum Gasteiger partial charge on any atom is 0.230 e. The van der Waals surface area contributed by atoms with Gasteiger partial charge in [0.25, 0.3) is 0 Å². The second kappa shape index (κ2) is 6.04. The van der Waals surface area contributed by atoms with Crippen LogP contribution in [-0.4, -0.2) is 24.0 Å². The lowest BCUT2D eigenvalue weighted by molar-refractivity contribution is 0.347. The number of nitrogens with zero attached hydrogens (tertiary/aromatic N) is 2. The van der Waals surface area contributed by atoms with Crippen LogP contribution >= 0.6 is 0 Å². The number of benzene rings is 1. The molecular formula is C13H19N3O2S. The van der Waals surface area contributed by atoms with Crippen LogP contribution in [-0.2, 0) is 16.6 Å². The molecule has 0 radical (unpaired) electrons.